The van der Waals surface area contributed by atoms with Crippen LogP contribution in [0.5, 0.6) is 5.75 Å². The second kappa shape index (κ2) is 12.8. The van der Waals surface area contributed by atoms with Gasteiger partial charge in [-0.15, -0.1) is 0 Å². The van der Waals surface area contributed by atoms with E-state index in [0.29, 0.717) is 6.54 Å². The molecule has 0 aliphatic heterocycles. The maximum atomic E-state index is 9.10. The summed E-state index contributed by atoms with van der Waals surface area (Å²) >= 11 is 0. The van der Waals surface area contributed by atoms with E-state index in [-0.39, 0.29) is 0 Å². The van der Waals surface area contributed by atoms with Crippen LogP contribution in [0.3, 0.4) is 0 Å². The van der Waals surface area contributed by atoms with Gasteiger partial charge in [0.05, 0.1) is 6.61 Å². The second-order valence-corrected chi connectivity index (χ2v) is 6.29. The van der Waals surface area contributed by atoms with Crippen molar-refractivity contribution >= 4 is 22.8 Å². The van der Waals surface area contributed by atoms with Crippen LogP contribution in [0.25, 0.3) is 10.9 Å². The molecule has 0 fully saturated rings. The van der Waals surface area contributed by atoms with Crippen LogP contribution in [0.1, 0.15) is 51.0 Å². The molecule has 0 saturated heterocycles. The molecule has 7 heteroatoms. The van der Waals surface area contributed by atoms with Crippen molar-refractivity contribution in [1.29, 1.82) is 0 Å². The lowest BCUT2D eigenvalue weighted by molar-refractivity contribution is -0.159. The Hall–Kier alpha value is -2.54. The Labute approximate surface area is 159 Å². The largest absolute Gasteiger partial charge is 0.494 e. The number of hydrogen-bond acceptors (Lipinski definition) is 4. The molecule has 27 heavy (non-hydrogen) atoms. The molecule has 7 nitrogen and oxygen atoms in total. The molecule has 1 aromatic carbocycles. The zero-order valence-electron chi connectivity index (χ0n) is 15.9. The summed E-state index contributed by atoms with van der Waals surface area (Å²) in [6.45, 7) is 3.74. The molecule has 1 heterocycles. The van der Waals surface area contributed by atoms with Crippen molar-refractivity contribution < 1.29 is 24.5 Å². The number of fused-ring (bicyclic) bond motifs is 1. The molecule has 1 aromatic heterocycles. The first-order chi connectivity index (χ1) is 13.0. The minimum atomic E-state index is -1.82. The molecule has 0 aliphatic rings. The fourth-order valence-corrected chi connectivity index (χ4v) is 2.68. The topological polar surface area (TPSA) is 126 Å². The van der Waals surface area contributed by atoms with Crippen LogP contribution in [0.4, 0.5) is 0 Å². The van der Waals surface area contributed by atoms with Gasteiger partial charge in [-0.05, 0) is 43.1 Å². The van der Waals surface area contributed by atoms with E-state index in [2.05, 4.69) is 30.2 Å². The SMILES string of the molecule is CCCCCCCCOc1ccc2[nH]cc(CCN)c2c1.O=C(O)C(=O)O. The van der Waals surface area contributed by atoms with Gasteiger partial charge in [-0.25, -0.2) is 9.59 Å². The van der Waals surface area contributed by atoms with Crippen molar-refractivity contribution in [3.8, 4) is 5.75 Å². The fourth-order valence-electron chi connectivity index (χ4n) is 2.68. The first-order valence-corrected chi connectivity index (χ1v) is 9.38. The average Bonchev–Trinajstić information content (AvgIpc) is 3.04. The summed E-state index contributed by atoms with van der Waals surface area (Å²) < 4.78 is 5.88. The van der Waals surface area contributed by atoms with E-state index >= 15 is 0 Å². The van der Waals surface area contributed by atoms with Crippen LogP contribution < -0.4 is 10.5 Å². The van der Waals surface area contributed by atoms with Crippen LogP contribution in [0, 0.1) is 0 Å². The quantitative estimate of drug-likeness (QED) is 0.370. The first kappa shape index (κ1) is 22.5. The molecule has 2 aromatic rings. The van der Waals surface area contributed by atoms with Crippen molar-refractivity contribution in [1.82, 2.24) is 4.98 Å². The van der Waals surface area contributed by atoms with E-state index in [0.717, 1.165) is 30.7 Å². The van der Waals surface area contributed by atoms with Gasteiger partial charge in [-0.1, -0.05) is 39.0 Å². The van der Waals surface area contributed by atoms with Crippen LogP contribution in [-0.4, -0.2) is 40.3 Å². The lowest BCUT2D eigenvalue weighted by Crippen LogP contribution is -2.09. The smallest absolute Gasteiger partial charge is 0.414 e. The van der Waals surface area contributed by atoms with Gasteiger partial charge in [0.15, 0.2) is 0 Å². The number of rotatable bonds is 10. The van der Waals surface area contributed by atoms with Crippen molar-refractivity contribution in [3.63, 3.8) is 0 Å². The summed E-state index contributed by atoms with van der Waals surface area (Å²) in [5.74, 6) is -2.68. The number of benzene rings is 1. The maximum absolute atomic E-state index is 9.10. The molecule has 0 unspecified atom stereocenters. The highest BCUT2D eigenvalue weighted by molar-refractivity contribution is 6.27. The van der Waals surface area contributed by atoms with E-state index in [9.17, 15) is 0 Å². The van der Waals surface area contributed by atoms with E-state index in [1.165, 1.54) is 43.1 Å². The molecule has 150 valence electrons. The third-order valence-corrected chi connectivity index (χ3v) is 4.10. The zero-order chi connectivity index (χ0) is 20.1. The molecule has 0 amide bonds. The maximum Gasteiger partial charge on any atom is 0.414 e. The number of nitrogens with two attached hydrogens (primary N) is 1. The Balaban J connectivity index is 0.000000527. The number of H-pyrrole nitrogens is 1. The predicted octanol–water partition coefficient (Wildman–Crippen LogP) is 3.56. The fraction of sp³-hybridized carbons (Fsp3) is 0.500. The second-order valence-electron chi connectivity index (χ2n) is 6.29. The highest BCUT2D eigenvalue weighted by Gasteiger charge is 2.05. The standard InChI is InChI=1S/C18H28N2O.C2H2O4/c1-2-3-4-5-6-7-12-21-16-8-9-18-17(13-16)15(10-11-19)14-20-18;3-1(4)2(5)6/h8-9,13-14,20H,2-7,10-12,19H2,1H3;(H,3,4)(H,5,6). The van der Waals surface area contributed by atoms with E-state index < -0.39 is 11.9 Å². The van der Waals surface area contributed by atoms with Gasteiger partial charge >= 0.3 is 11.9 Å². The molecule has 5 N–H and O–H groups in total. The van der Waals surface area contributed by atoms with E-state index in [4.69, 9.17) is 30.3 Å². The van der Waals surface area contributed by atoms with Crippen molar-refractivity contribution in [2.45, 2.75) is 51.9 Å². The van der Waals surface area contributed by atoms with E-state index in [1.54, 1.807) is 0 Å². The number of nitrogens with one attached hydrogen (secondary N) is 1. The Bertz CT molecular complexity index is 699. The summed E-state index contributed by atoms with van der Waals surface area (Å²) in [6.07, 6.45) is 10.7. The Morgan fingerprint density at radius 1 is 1.07 bits per heavy atom. The Morgan fingerprint density at radius 3 is 2.37 bits per heavy atom. The van der Waals surface area contributed by atoms with Crippen LogP contribution in [-0.2, 0) is 16.0 Å². The predicted molar refractivity (Wildman–Crippen MR) is 105 cm³/mol. The summed E-state index contributed by atoms with van der Waals surface area (Å²) in [7, 11) is 0. The third-order valence-electron chi connectivity index (χ3n) is 4.10. The summed E-state index contributed by atoms with van der Waals surface area (Å²) in [6, 6.07) is 6.27. The van der Waals surface area contributed by atoms with Crippen molar-refractivity contribution in [2.24, 2.45) is 5.73 Å². The van der Waals surface area contributed by atoms with Gasteiger partial charge < -0.3 is 25.7 Å². The normalized spacial score (nSPS) is 10.3. The monoisotopic (exact) mass is 378 g/mol. The number of carboxylic acid groups (broad SMARTS) is 2. The van der Waals surface area contributed by atoms with Crippen molar-refractivity contribution in [3.05, 3.63) is 30.0 Å². The molecular formula is C20H30N2O5. The summed E-state index contributed by atoms with van der Waals surface area (Å²) in [5, 5.41) is 16.0. The minimum Gasteiger partial charge on any atom is -0.494 e. The van der Waals surface area contributed by atoms with Crippen LogP contribution in [0.15, 0.2) is 24.4 Å². The summed E-state index contributed by atoms with van der Waals surface area (Å²) in [5.41, 5.74) is 8.09. The van der Waals surface area contributed by atoms with Gasteiger partial charge in [0.1, 0.15) is 5.75 Å². The number of carbonyl (C=O) groups is 2. The number of aromatic nitrogens is 1. The van der Waals surface area contributed by atoms with Gasteiger partial charge in [0.2, 0.25) is 0 Å². The molecule has 0 spiro atoms. The average molecular weight is 378 g/mol. The Morgan fingerprint density at radius 2 is 1.74 bits per heavy atom. The third kappa shape index (κ3) is 8.59. The number of unbranched alkanes of at least 4 members (excludes halogenated alkanes) is 5. The molecule has 0 aliphatic carbocycles. The molecule has 0 atom stereocenters. The molecule has 0 saturated carbocycles. The van der Waals surface area contributed by atoms with Gasteiger partial charge in [-0.3, -0.25) is 0 Å². The number of hydrogen-bond donors (Lipinski definition) is 4. The van der Waals surface area contributed by atoms with Gasteiger partial charge in [0.25, 0.3) is 0 Å². The molecule has 0 radical (unpaired) electrons. The zero-order valence-corrected chi connectivity index (χ0v) is 15.9. The van der Waals surface area contributed by atoms with Crippen LogP contribution >= 0.6 is 0 Å². The van der Waals surface area contributed by atoms with Gasteiger partial charge in [-0.2, -0.15) is 0 Å². The highest BCUT2D eigenvalue weighted by Crippen LogP contribution is 2.24. The Kier molecular flexibility index (Phi) is 10.6. The van der Waals surface area contributed by atoms with Crippen LogP contribution in [0.2, 0.25) is 0 Å². The highest BCUT2D eigenvalue weighted by atomic mass is 16.5. The van der Waals surface area contributed by atoms with E-state index in [1.807, 2.05) is 6.07 Å². The minimum absolute atomic E-state index is 0.676. The number of ether oxygens (including phenoxy) is 1. The number of aliphatic carboxylic acids is 2. The molecule has 2 rings (SSSR count). The molecule has 0 bridgehead atoms. The lowest BCUT2D eigenvalue weighted by atomic mass is 10.1. The van der Waals surface area contributed by atoms with Crippen molar-refractivity contribution in [2.75, 3.05) is 13.2 Å². The molecular weight excluding hydrogens is 348 g/mol. The number of carboxylic acids is 2. The lowest BCUT2D eigenvalue weighted by Gasteiger charge is -2.07. The summed E-state index contributed by atoms with van der Waals surface area (Å²) in [4.78, 5) is 21.5. The van der Waals surface area contributed by atoms with Gasteiger partial charge in [0, 0.05) is 17.1 Å². The number of aromatic amines is 1. The first-order valence-electron chi connectivity index (χ1n) is 9.38.